The Morgan fingerprint density at radius 3 is 1.92 bits per heavy atom. The van der Waals surface area contributed by atoms with E-state index in [1.54, 1.807) is 0 Å². The zero-order valence-electron chi connectivity index (χ0n) is 24.1. The quantitative estimate of drug-likeness (QED) is 0.601. The van der Waals surface area contributed by atoms with E-state index in [-0.39, 0.29) is 18.0 Å². The first-order chi connectivity index (χ1) is 18.4. The van der Waals surface area contributed by atoms with Gasteiger partial charge in [-0.1, -0.05) is 25.1 Å². The van der Waals surface area contributed by atoms with Gasteiger partial charge in [0.15, 0.2) is 0 Å². The molecular weight excluding hydrogens is 472 g/mol. The molecule has 2 aromatic carbocycles. The lowest BCUT2D eigenvalue weighted by molar-refractivity contribution is -0.154. The Kier molecular flexibility index (Phi) is 8.26. The van der Waals surface area contributed by atoms with Crippen LogP contribution in [0.4, 0.5) is 11.4 Å². The molecule has 0 aliphatic carbocycles. The van der Waals surface area contributed by atoms with Crippen LogP contribution in [0.2, 0.25) is 0 Å². The number of anilines is 2. The fraction of sp³-hybridized carbons (Fsp3) is 0.581. The fourth-order valence-electron chi connectivity index (χ4n) is 6.42. The number of hydrogen-bond donors (Lipinski definition) is 0. The van der Waals surface area contributed by atoms with Crippen LogP contribution in [0, 0.1) is 0 Å². The van der Waals surface area contributed by atoms with Crippen LogP contribution in [0.15, 0.2) is 42.5 Å². The average molecular weight is 519 g/mol. The molecule has 3 aliphatic heterocycles. The van der Waals surface area contributed by atoms with Crippen molar-refractivity contribution in [1.29, 1.82) is 0 Å². The van der Waals surface area contributed by atoms with Crippen LogP contribution in [0.1, 0.15) is 49.4 Å². The molecule has 2 saturated heterocycles. The smallest absolute Gasteiger partial charge is 0.237 e. The van der Waals surface area contributed by atoms with E-state index < -0.39 is 0 Å². The van der Waals surface area contributed by atoms with Crippen LogP contribution >= 0.6 is 0 Å². The number of carbonyl (C=O) groups is 1. The molecule has 0 radical (unpaired) electrons. The maximum absolute atomic E-state index is 13.4. The van der Waals surface area contributed by atoms with Crippen molar-refractivity contribution in [2.75, 3.05) is 83.3 Å². The number of rotatable bonds is 5. The number of benzene rings is 2. The van der Waals surface area contributed by atoms with E-state index in [9.17, 15) is 4.79 Å². The van der Waals surface area contributed by atoms with Gasteiger partial charge >= 0.3 is 0 Å². The van der Waals surface area contributed by atoms with E-state index in [4.69, 9.17) is 0 Å². The number of piperazine rings is 2. The molecule has 206 valence electrons. The molecular formula is C31H46N6O. The van der Waals surface area contributed by atoms with Gasteiger partial charge in [-0.25, -0.2) is 5.01 Å². The van der Waals surface area contributed by atoms with Gasteiger partial charge in [0.1, 0.15) is 0 Å². The molecule has 3 heterocycles. The predicted octanol–water partition coefficient (Wildman–Crippen LogP) is 3.70. The van der Waals surface area contributed by atoms with Crippen molar-refractivity contribution >= 4 is 17.3 Å². The monoisotopic (exact) mass is 518 g/mol. The van der Waals surface area contributed by atoms with Gasteiger partial charge < -0.3 is 19.6 Å². The molecule has 2 atom stereocenters. The van der Waals surface area contributed by atoms with Crippen LogP contribution in [0.25, 0.3) is 0 Å². The van der Waals surface area contributed by atoms with E-state index in [2.05, 4.69) is 102 Å². The van der Waals surface area contributed by atoms with E-state index >= 15 is 0 Å². The van der Waals surface area contributed by atoms with E-state index in [1.807, 2.05) is 5.01 Å². The Bertz CT molecular complexity index is 1090. The van der Waals surface area contributed by atoms with Gasteiger partial charge in [0.2, 0.25) is 5.91 Å². The molecule has 2 unspecified atom stereocenters. The summed E-state index contributed by atoms with van der Waals surface area (Å²) in [5, 5.41) is 4.26. The number of fused-ring (bicyclic) bond motifs is 1. The first-order valence-corrected chi connectivity index (χ1v) is 14.5. The highest BCUT2D eigenvalue weighted by molar-refractivity contribution is 5.76. The molecule has 2 fully saturated rings. The van der Waals surface area contributed by atoms with Crippen molar-refractivity contribution < 1.29 is 4.79 Å². The number of likely N-dealkylation sites (N-methyl/N-ethyl adjacent to an activating group) is 2. The molecule has 1 amide bonds. The van der Waals surface area contributed by atoms with Crippen LogP contribution in [0.3, 0.4) is 0 Å². The van der Waals surface area contributed by atoms with Crippen LogP contribution in [0.5, 0.6) is 0 Å². The van der Waals surface area contributed by atoms with Gasteiger partial charge in [-0.3, -0.25) is 9.80 Å². The minimum absolute atomic E-state index is 0.00108. The summed E-state index contributed by atoms with van der Waals surface area (Å²) in [6.07, 6.45) is 2.31. The fourth-order valence-corrected chi connectivity index (χ4v) is 6.42. The van der Waals surface area contributed by atoms with Crippen LogP contribution in [-0.2, 0) is 11.2 Å². The number of carbonyl (C=O) groups excluding carboxylic acids is 1. The van der Waals surface area contributed by atoms with Gasteiger partial charge in [-0.2, -0.15) is 0 Å². The summed E-state index contributed by atoms with van der Waals surface area (Å²) < 4.78 is 0. The summed E-state index contributed by atoms with van der Waals surface area (Å²) in [6, 6.07) is 16.3. The van der Waals surface area contributed by atoms with Crippen molar-refractivity contribution in [3.8, 4) is 0 Å². The van der Waals surface area contributed by atoms with Gasteiger partial charge in [-0.05, 0) is 74.8 Å². The topological polar surface area (TPSA) is 36.5 Å². The number of hydrogen-bond acceptors (Lipinski definition) is 6. The highest BCUT2D eigenvalue weighted by Gasteiger charge is 2.36. The molecule has 7 nitrogen and oxygen atoms in total. The first-order valence-electron chi connectivity index (χ1n) is 14.5. The second-order valence-electron chi connectivity index (χ2n) is 11.6. The lowest BCUT2D eigenvalue weighted by atomic mass is 9.91. The van der Waals surface area contributed by atoms with E-state index in [0.717, 1.165) is 65.2 Å². The average Bonchev–Trinajstić information content (AvgIpc) is 3.02. The third kappa shape index (κ3) is 5.56. The lowest BCUT2D eigenvalue weighted by Gasteiger charge is -2.39. The zero-order valence-corrected chi connectivity index (χ0v) is 24.1. The highest BCUT2D eigenvalue weighted by atomic mass is 16.2. The van der Waals surface area contributed by atoms with Crippen molar-refractivity contribution in [2.24, 2.45) is 0 Å². The summed E-state index contributed by atoms with van der Waals surface area (Å²) in [7, 11) is 6.50. The molecule has 5 rings (SSSR count). The van der Waals surface area contributed by atoms with E-state index in [1.165, 1.54) is 28.1 Å². The zero-order chi connectivity index (χ0) is 26.8. The molecule has 0 aromatic heterocycles. The molecule has 0 spiro atoms. The maximum Gasteiger partial charge on any atom is 0.237 e. The Hall–Kier alpha value is -2.61. The lowest BCUT2D eigenvalue weighted by Crippen LogP contribution is -2.50. The Balaban J connectivity index is 1.49. The Labute approximate surface area is 229 Å². The second kappa shape index (κ2) is 11.6. The number of hydrazine groups is 1. The Morgan fingerprint density at radius 2 is 1.34 bits per heavy atom. The number of nitrogens with zero attached hydrogens (tertiary/aromatic N) is 6. The standard InChI is InChI=1S/C31H46N6O/c1-6-7-30(38)37-24(2)22-26-23-28(36-20-16-33(4)17-21-36)12-13-29(26)31(34(37)5)25-8-10-27(11-9-25)35-18-14-32(3)15-19-35/h8-13,23-24,31H,6-7,14-22H2,1-5H3. The van der Waals surface area contributed by atoms with Crippen molar-refractivity contribution in [3.63, 3.8) is 0 Å². The molecule has 3 aliphatic rings. The molecule has 38 heavy (non-hydrogen) atoms. The summed E-state index contributed by atoms with van der Waals surface area (Å²) in [5.41, 5.74) is 6.51. The summed E-state index contributed by atoms with van der Waals surface area (Å²) in [6.45, 7) is 12.9. The summed E-state index contributed by atoms with van der Waals surface area (Å²) in [5.74, 6) is 0.216. The third-order valence-electron chi connectivity index (χ3n) is 8.73. The molecule has 0 saturated carbocycles. The van der Waals surface area contributed by atoms with Crippen LogP contribution in [-0.4, -0.2) is 105 Å². The van der Waals surface area contributed by atoms with Crippen molar-refractivity contribution in [2.45, 2.75) is 45.2 Å². The Morgan fingerprint density at radius 1 is 0.789 bits per heavy atom. The minimum atomic E-state index is -0.00108. The largest absolute Gasteiger partial charge is 0.369 e. The molecule has 0 N–H and O–H groups in total. The highest BCUT2D eigenvalue weighted by Crippen LogP contribution is 2.38. The molecule has 0 bridgehead atoms. The minimum Gasteiger partial charge on any atom is -0.369 e. The van der Waals surface area contributed by atoms with Gasteiger partial charge in [0.05, 0.1) is 6.04 Å². The summed E-state index contributed by atoms with van der Waals surface area (Å²) >= 11 is 0. The van der Waals surface area contributed by atoms with Gasteiger partial charge in [0.25, 0.3) is 0 Å². The third-order valence-corrected chi connectivity index (χ3v) is 8.73. The molecule has 7 heteroatoms. The maximum atomic E-state index is 13.4. The first kappa shape index (κ1) is 27.0. The van der Waals surface area contributed by atoms with Crippen molar-refractivity contribution in [1.82, 2.24) is 19.8 Å². The van der Waals surface area contributed by atoms with Crippen molar-refractivity contribution in [3.05, 3.63) is 59.2 Å². The SMILES string of the molecule is CCCC(=O)N1C(C)Cc2cc(N3CCN(C)CC3)ccc2C(c2ccc(N3CCN(C)CC3)cc2)N1C. The predicted molar refractivity (Wildman–Crippen MR) is 157 cm³/mol. The van der Waals surface area contributed by atoms with Crippen LogP contribution < -0.4 is 9.80 Å². The second-order valence-corrected chi connectivity index (χ2v) is 11.6. The van der Waals surface area contributed by atoms with Gasteiger partial charge in [-0.15, -0.1) is 0 Å². The number of amides is 1. The van der Waals surface area contributed by atoms with Gasteiger partial charge in [0, 0.05) is 83.2 Å². The molecule has 2 aromatic rings. The normalized spacial score (nSPS) is 23.9. The van der Waals surface area contributed by atoms with E-state index in [0.29, 0.717) is 6.42 Å². The summed E-state index contributed by atoms with van der Waals surface area (Å²) in [4.78, 5) is 23.2.